The van der Waals surface area contributed by atoms with Crippen LogP contribution in [0.15, 0.2) is 36.4 Å². The van der Waals surface area contributed by atoms with E-state index in [4.69, 9.17) is 10.6 Å². The third-order valence-electron chi connectivity index (χ3n) is 5.06. The molecule has 30 heavy (non-hydrogen) atoms. The average Bonchev–Trinajstić information content (AvgIpc) is 2.77. The minimum absolute atomic E-state index is 0.0201. The number of aromatic nitrogens is 2. The molecule has 0 aliphatic carbocycles. The first-order valence-electron chi connectivity index (χ1n) is 10.3. The van der Waals surface area contributed by atoms with E-state index in [0.29, 0.717) is 31.7 Å². The van der Waals surface area contributed by atoms with Gasteiger partial charge in [-0.1, -0.05) is 44.2 Å². The maximum Gasteiger partial charge on any atom is 0.285 e. The smallest absolute Gasteiger partial charge is 0.285 e. The Balaban J connectivity index is 1.69. The second-order valence-electron chi connectivity index (χ2n) is 7.99. The molecule has 1 aromatic carbocycles. The Bertz CT molecular complexity index is 872. The van der Waals surface area contributed by atoms with Crippen molar-refractivity contribution in [3.05, 3.63) is 58.9 Å². The molecule has 0 spiro atoms. The molecule has 160 valence electrons. The monoisotopic (exact) mass is 411 g/mol. The van der Waals surface area contributed by atoms with Crippen LogP contribution in [0.25, 0.3) is 0 Å². The van der Waals surface area contributed by atoms with E-state index in [0.717, 1.165) is 18.4 Å². The normalized spacial score (nSPS) is 16.5. The summed E-state index contributed by atoms with van der Waals surface area (Å²) in [5, 5.41) is 8.00. The van der Waals surface area contributed by atoms with E-state index in [1.54, 1.807) is 11.0 Å². The van der Waals surface area contributed by atoms with Crippen molar-refractivity contribution in [3.8, 4) is 0 Å². The minimum Gasteiger partial charge on any atom is -0.372 e. The van der Waals surface area contributed by atoms with Crippen molar-refractivity contribution in [1.29, 1.82) is 0 Å². The molecule has 0 bridgehead atoms. The van der Waals surface area contributed by atoms with Gasteiger partial charge in [-0.2, -0.15) is 0 Å². The lowest BCUT2D eigenvalue weighted by Gasteiger charge is -2.32. The average molecular weight is 412 g/mol. The number of likely N-dealkylation sites (tertiary alicyclic amines) is 1. The lowest BCUT2D eigenvalue weighted by Crippen LogP contribution is -2.43. The van der Waals surface area contributed by atoms with Crippen LogP contribution >= 0.6 is 0 Å². The SMILES string of the molecule is CC(C)Cc1cc(C(=O)N2CCC[C@@H](OCc3ccccc3)C2)nnc1C(=O)NN. The number of rotatable bonds is 7. The second kappa shape index (κ2) is 10.3. The predicted octanol–water partition coefficient (Wildman–Crippen LogP) is 2.10. The van der Waals surface area contributed by atoms with Gasteiger partial charge < -0.3 is 9.64 Å². The number of nitrogens with one attached hydrogen (secondary N) is 1. The Kier molecular flexibility index (Phi) is 7.48. The first kappa shape index (κ1) is 21.9. The molecule has 2 amide bonds. The first-order chi connectivity index (χ1) is 14.5. The van der Waals surface area contributed by atoms with Crippen LogP contribution in [-0.4, -0.2) is 46.1 Å². The zero-order valence-corrected chi connectivity index (χ0v) is 17.5. The number of hydrogen-bond acceptors (Lipinski definition) is 6. The molecular weight excluding hydrogens is 382 g/mol. The van der Waals surface area contributed by atoms with Crippen LogP contribution in [0.1, 0.15) is 58.8 Å². The van der Waals surface area contributed by atoms with E-state index >= 15 is 0 Å². The summed E-state index contributed by atoms with van der Waals surface area (Å²) in [4.78, 5) is 26.8. The van der Waals surface area contributed by atoms with Gasteiger partial charge in [-0.3, -0.25) is 15.0 Å². The topological polar surface area (TPSA) is 110 Å². The van der Waals surface area contributed by atoms with Crippen LogP contribution in [0.3, 0.4) is 0 Å². The predicted molar refractivity (Wildman–Crippen MR) is 112 cm³/mol. The number of carbonyl (C=O) groups excluding carboxylic acids is 2. The van der Waals surface area contributed by atoms with Gasteiger partial charge >= 0.3 is 0 Å². The van der Waals surface area contributed by atoms with Crippen molar-refractivity contribution in [2.45, 2.75) is 45.8 Å². The van der Waals surface area contributed by atoms with Crippen LogP contribution in [0.4, 0.5) is 0 Å². The molecule has 1 fully saturated rings. The number of nitrogens with two attached hydrogens (primary N) is 1. The molecular formula is C22H29N5O3. The molecule has 1 aromatic heterocycles. The van der Waals surface area contributed by atoms with E-state index in [-0.39, 0.29) is 29.3 Å². The fourth-order valence-electron chi connectivity index (χ4n) is 3.60. The summed E-state index contributed by atoms with van der Waals surface area (Å²) in [6.45, 7) is 5.75. The number of carbonyl (C=O) groups is 2. The molecule has 2 heterocycles. The van der Waals surface area contributed by atoms with Gasteiger partial charge in [-0.15, -0.1) is 10.2 Å². The molecule has 3 rings (SSSR count). The Morgan fingerprint density at radius 2 is 2.03 bits per heavy atom. The number of hydrogen-bond donors (Lipinski definition) is 2. The Hall–Kier alpha value is -2.84. The van der Waals surface area contributed by atoms with Crippen molar-refractivity contribution in [1.82, 2.24) is 20.5 Å². The molecule has 1 atom stereocenters. The Morgan fingerprint density at radius 1 is 1.27 bits per heavy atom. The highest BCUT2D eigenvalue weighted by atomic mass is 16.5. The second-order valence-corrected chi connectivity index (χ2v) is 7.99. The standard InChI is InChI=1S/C22H29N5O3/c1-15(2)11-17-12-19(25-26-20(17)21(28)24-23)22(29)27-10-6-9-18(13-27)30-14-16-7-4-3-5-8-16/h3-5,7-8,12,15,18H,6,9-11,13-14,23H2,1-2H3,(H,24,28)/t18-/m1/s1. The van der Waals surface area contributed by atoms with Crippen molar-refractivity contribution in [3.63, 3.8) is 0 Å². The highest BCUT2D eigenvalue weighted by molar-refractivity contribution is 5.96. The van der Waals surface area contributed by atoms with Crippen molar-refractivity contribution in [2.24, 2.45) is 11.8 Å². The molecule has 2 aromatic rings. The van der Waals surface area contributed by atoms with E-state index < -0.39 is 5.91 Å². The van der Waals surface area contributed by atoms with Gasteiger partial charge in [0.05, 0.1) is 12.7 Å². The van der Waals surface area contributed by atoms with E-state index in [9.17, 15) is 9.59 Å². The summed E-state index contributed by atoms with van der Waals surface area (Å²) in [5.74, 6) is 4.83. The Labute approximate surface area is 176 Å². The van der Waals surface area contributed by atoms with Crippen LogP contribution < -0.4 is 11.3 Å². The number of benzene rings is 1. The highest BCUT2D eigenvalue weighted by Gasteiger charge is 2.27. The fourth-order valence-corrected chi connectivity index (χ4v) is 3.60. The number of piperidine rings is 1. The van der Waals surface area contributed by atoms with Gasteiger partial charge in [0.1, 0.15) is 0 Å². The zero-order chi connectivity index (χ0) is 21.5. The van der Waals surface area contributed by atoms with Crippen LogP contribution in [0, 0.1) is 5.92 Å². The summed E-state index contributed by atoms with van der Waals surface area (Å²) in [5.41, 5.74) is 4.26. The van der Waals surface area contributed by atoms with Gasteiger partial charge in [0.2, 0.25) is 0 Å². The maximum absolute atomic E-state index is 13.1. The molecule has 0 unspecified atom stereocenters. The number of ether oxygens (including phenoxy) is 1. The molecule has 1 saturated heterocycles. The fraction of sp³-hybridized carbons (Fsp3) is 0.455. The zero-order valence-electron chi connectivity index (χ0n) is 17.5. The van der Waals surface area contributed by atoms with Crippen molar-refractivity contribution >= 4 is 11.8 Å². The third-order valence-corrected chi connectivity index (χ3v) is 5.06. The van der Waals surface area contributed by atoms with Gasteiger partial charge in [0.25, 0.3) is 11.8 Å². The van der Waals surface area contributed by atoms with E-state index in [1.807, 2.05) is 44.2 Å². The lowest BCUT2D eigenvalue weighted by molar-refractivity contribution is -0.00692. The molecule has 1 aliphatic heterocycles. The molecule has 8 heteroatoms. The van der Waals surface area contributed by atoms with Crippen LogP contribution in [0.2, 0.25) is 0 Å². The number of nitrogen functional groups attached to an aromatic ring is 1. The number of amides is 2. The molecule has 0 saturated carbocycles. The highest BCUT2D eigenvalue weighted by Crippen LogP contribution is 2.19. The largest absolute Gasteiger partial charge is 0.372 e. The van der Waals surface area contributed by atoms with Gasteiger partial charge in [-0.05, 0) is 42.4 Å². The molecule has 0 radical (unpaired) electrons. The van der Waals surface area contributed by atoms with Crippen LogP contribution in [-0.2, 0) is 17.8 Å². The van der Waals surface area contributed by atoms with Gasteiger partial charge in [0.15, 0.2) is 11.4 Å². The molecule has 8 nitrogen and oxygen atoms in total. The van der Waals surface area contributed by atoms with Gasteiger partial charge in [0, 0.05) is 13.1 Å². The first-order valence-corrected chi connectivity index (χ1v) is 10.3. The summed E-state index contributed by atoms with van der Waals surface area (Å²) in [7, 11) is 0. The molecule has 3 N–H and O–H groups in total. The van der Waals surface area contributed by atoms with Gasteiger partial charge in [-0.25, -0.2) is 5.84 Å². The van der Waals surface area contributed by atoms with Crippen LogP contribution in [0.5, 0.6) is 0 Å². The summed E-state index contributed by atoms with van der Waals surface area (Å²) in [6, 6.07) is 11.7. The number of hydrazine groups is 1. The Morgan fingerprint density at radius 3 is 2.73 bits per heavy atom. The molecule has 1 aliphatic rings. The summed E-state index contributed by atoms with van der Waals surface area (Å²) >= 11 is 0. The minimum atomic E-state index is -0.510. The van der Waals surface area contributed by atoms with Crippen molar-refractivity contribution in [2.75, 3.05) is 13.1 Å². The quantitative estimate of drug-likeness (QED) is 0.410. The summed E-state index contributed by atoms with van der Waals surface area (Å²) in [6.07, 6.45) is 2.36. The number of nitrogens with zero attached hydrogens (tertiary/aromatic N) is 3. The summed E-state index contributed by atoms with van der Waals surface area (Å²) < 4.78 is 6.03. The van der Waals surface area contributed by atoms with E-state index in [2.05, 4.69) is 15.6 Å². The lowest BCUT2D eigenvalue weighted by atomic mass is 10.0. The maximum atomic E-state index is 13.1. The third kappa shape index (κ3) is 5.61. The van der Waals surface area contributed by atoms with E-state index in [1.165, 1.54) is 0 Å². The van der Waals surface area contributed by atoms with Crippen molar-refractivity contribution < 1.29 is 14.3 Å².